The summed E-state index contributed by atoms with van der Waals surface area (Å²) in [5.74, 6) is 7.21. The van der Waals surface area contributed by atoms with Crippen LogP contribution in [0.25, 0.3) is 10.8 Å². The highest BCUT2D eigenvalue weighted by atomic mass is 32.2. The van der Waals surface area contributed by atoms with E-state index >= 15 is 0 Å². The third-order valence-electron chi connectivity index (χ3n) is 4.33. The maximum Gasteiger partial charge on any atom is 0.237 e. The van der Waals surface area contributed by atoms with Crippen molar-refractivity contribution >= 4 is 34.1 Å². The van der Waals surface area contributed by atoms with Crippen LogP contribution in [0.1, 0.15) is 31.5 Å². The number of fused-ring (bicyclic) bond motifs is 1. The van der Waals surface area contributed by atoms with E-state index in [4.69, 9.17) is 5.84 Å². The van der Waals surface area contributed by atoms with Gasteiger partial charge in [0.2, 0.25) is 11.1 Å². The first-order valence-electron chi connectivity index (χ1n) is 8.29. The fraction of sp³-hybridized carbons (Fsp3) is 0.278. The molecule has 0 spiro atoms. The van der Waals surface area contributed by atoms with Crippen molar-refractivity contribution in [1.29, 1.82) is 0 Å². The van der Waals surface area contributed by atoms with Gasteiger partial charge in [0.1, 0.15) is 0 Å². The van der Waals surface area contributed by atoms with Gasteiger partial charge in [-0.25, -0.2) is 4.68 Å². The summed E-state index contributed by atoms with van der Waals surface area (Å²) < 4.78 is 1.52. The van der Waals surface area contributed by atoms with Crippen LogP contribution >= 0.6 is 11.8 Å². The van der Waals surface area contributed by atoms with Gasteiger partial charge in [0.25, 0.3) is 0 Å². The number of hydrogen-bond acceptors (Lipinski definition) is 5. The van der Waals surface area contributed by atoms with Gasteiger partial charge in [0.05, 0.1) is 5.25 Å². The normalized spacial score (nSPS) is 15.2. The van der Waals surface area contributed by atoms with Gasteiger partial charge in [-0.2, -0.15) is 0 Å². The second-order valence-corrected chi connectivity index (χ2v) is 7.57. The Balaban J connectivity index is 1.48. The zero-order valence-electron chi connectivity index (χ0n) is 13.8. The van der Waals surface area contributed by atoms with Crippen LogP contribution < -0.4 is 11.2 Å². The monoisotopic (exact) mass is 353 g/mol. The zero-order valence-corrected chi connectivity index (χ0v) is 14.7. The lowest BCUT2D eigenvalue weighted by atomic mass is 10.1. The Morgan fingerprint density at radius 3 is 2.80 bits per heavy atom. The van der Waals surface area contributed by atoms with Crippen LogP contribution in [0.4, 0.5) is 5.69 Å². The van der Waals surface area contributed by atoms with E-state index in [-0.39, 0.29) is 11.2 Å². The maximum atomic E-state index is 12.6. The molecule has 1 atom stereocenters. The molecule has 7 heteroatoms. The van der Waals surface area contributed by atoms with Crippen LogP contribution in [-0.4, -0.2) is 26.0 Å². The van der Waals surface area contributed by atoms with Gasteiger partial charge >= 0.3 is 0 Å². The molecule has 1 aliphatic carbocycles. The van der Waals surface area contributed by atoms with Crippen LogP contribution in [0.5, 0.6) is 0 Å². The molecule has 4 rings (SSSR count). The minimum absolute atomic E-state index is 0.0858. The van der Waals surface area contributed by atoms with Crippen LogP contribution in [-0.2, 0) is 4.79 Å². The van der Waals surface area contributed by atoms with E-state index in [0.717, 1.165) is 35.1 Å². The van der Waals surface area contributed by atoms with Crippen molar-refractivity contribution < 1.29 is 4.79 Å². The summed E-state index contributed by atoms with van der Waals surface area (Å²) >= 11 is 1.32. The third-order valence-corrected chi connectivity index (χ3v) is 5.39. The first kappa shape index (κ1) is 16.0. The summed E-state index contributed by atoms with van der Waals surface area (Å²) in [6.45, 7) is 1.84. The Kier molecular flexibility index (Phi) is 4.09. The topological polar surface area (TPSA) is 85.8 Å². The quantitative estimate of drug-likeness (QED) is 0.544. The van der Waals surface area contributed by atoms with Crippen LogP contribution in [0, 0.1) is 0 Å². The average Bonchev–Trinajstić information content (AvgIpc) is 3.40. The van der Waals surface area contributed by atoms with Gasteiger partial charge in [0.15, 0.2) is 5.82 Å². The molecule has 1 heterocycles. The van der Waals surface area contributed by atoms with Gasteiger partial charge in [-0.15, -0.1) is 10.2 Å². The van der Waals surface area contributed by atoms with Crippen molar-refractivity contribution in [2.45, 2.75) is 36.1 Å². The Morgan fingerprint density at radius 2 is 2.00 bits per heavy atom. The van der Waals surface area contributed by atoms with Crippen molar-refractivity contribution in [2.75, 3.05) is 11.2 Å². The number of carbonyl (C=O) groups is 1. The van der Waals surface area contributed by atoms with Gasteiger partial charge < -0.3 is 11.2 Å². The highest BCUT2D eigenvalue weighted by molar-refractivity contribution is 8.00. The first-order chi connectivity index (χ1) is 12.1. The minimum atomic E-state index is -0.336. The number of benzene rings is 2. The Hall–Kier alpha value is -2.54. The van der Waals surface area contributed by atoms with Gasteiger partial charge in [0, 0.05) is 17.0 Å². The zero-order chi connectivity index (χ0) is 17.4. The lowest BCUT2D eigenvalue weighted by Crippen LogP contribution is -2.24. The molecule has 25 heavy (non-hydrogen) atoms. The molecule has 0 aliphatic heterocycles. The number of anilines is 1. The Bertz CT molecular complexity index is 929. The minimum Gasteiger partial charge on any atom is -0.336 e. The molecule has 1 aromatic heterocycles. The fourth-order valence-electron chi connectivity index (χ4n) is 2.77. The number of carbonyl (C=O) groups excluding carboxylic acids is 1. The van der Waals surface area contributed by atoms with Gasteiger partial charge in [-0.1, -0.05) is 48.2 Å². The summed E-state index contributed by atoms with van der Waals surface area (Å²) in [4.78, 5) is 12.6. The lowest BCUT2D eigenvalue weighted by molar-refractivity contribution is -0.115. The summed E-state index contributed by atoms with van der Waals surface area (Å²) in [5.41, 5.74) is 0.809. The molecule has 0 saturated heterocycles. The Labute approximate surface area is 149 Å². The van der Waals surface area contributed by atoms with E-state index < -0.39 is 0 Å². The van der Waals surface area contributed by atoms with Crippen molar-refractivity contribution in [3.05, 3.63) is 48.3 Å². The molecule has 6 nitrogen and oxygen atoms in total. The summed E-state index contributed by atoms with van der Waals surface area (Å²) in [7, 11) is 0. The molecule has 3 aromatic rings. The van der Waals surface area contributed by atoms with Crippen LogP contribution in [0.15, 0.2) is 47.6 Å². The van der Waals surface area contributed by atoms with Crippen LogP contribution in [0.3, 0.4) is 0 Å². The molecule has 1 aliphatic rings. The number of nitrogens with zero attached hydrogens (tertiary/aromatic N) is 3. The lowest BCUT2D eigenvalue weighted by Gasteiger charge is -2.13. The number of nitrogens with one attached hydrogen (secondary N) is 1. The van der Waals surface area contributed by atoms with E-state index in [1.54, 1.807) is 0 Å². The molecule has 1 amide bonds. The predicted octanol–water partition coefficient (Wildman–Crippen LogP) is 3.14. The second kappa shape index (κ2) is 6.40. The highest BCUT2D eigenvalue weighted by Crippen LogP contribution is 2.39. The molecule has 3 N–H and O–H groups in total. The standard InChI is InChI=1S/C18H19N5OS/c1-11(25-18-22-21-16(23(18)19)13-9-10-13)17(24)20-15-8-4-6-12-5-2-3-7-14(12)15/h2-8,11,13H,9-10,19H2,1H3,(H,20,24)/t11-/m1/s1. The van der Waals surface area contributed by atoms with E-state index in [1.165, 1.54) is 16.4 Å². The maximum absolute atomic E-state index is 12.6. The van der Waals surface area contributed by atoms with E-state index in [9.17, 15) is 4.79 Å². The number of aromatic nitrogens is 3. The third kappa shape index (κ3) is 3.19. The molecular formula is C18H19N5OS. The molecule has 2 aromatic carbocycles. The van der Waals surface area contributed by atoms with Crippen molar-refractivity contribution in [1.82, 2.24) is 14.9 Å². The SMILES string of the molecule is C[C@@H](Sc1nnc(C2CC2)n1N)C(=O)Nc1cccc2ccccc12. The highest BCUT2D eigenvalue weighted by Gasteiger charge is 2.30. The Morgan fingerprint density at radius 1 is 1.24 bits per heavy atom. The van der Waals surface area contributed by atoms with Crippen molar-refractivity contribution in [3.63, 3.8) is 0 Å². The van der Waals surface area contributed by atoms with Gasteiger partial charge in [-0.3, -0.25) is 4.79 Å². The van der Waals surface area contributed by atoms with Crippen molar-refractivity contribution in [3.8, 4) is 0 Å². The molecule has 1 saturated carbocycles. The molecule has 0 radical (unpaired) electrons. The number of nitrogen functional groups attached to an aromatic ring is 1. The smallest absolute Gasteiger partial charge is 0.237 e. The summed E-state index contributed by atoms with van der Waals surface area (Å²) in [6, 6.07) is 13.9. The molecule has 0 unspecified atom stereocenters. The largest absolute Gasteiger partial charge is 0.336 e. The number of amides is 1. The number of rotatable bonds is 5. The van der Waals surface area contributed by atoms with Crippen molar-refractivity contribution in [2.24, 2.45) is 0 Å². The summed E-state index contributed by atoms with van der Waals surface area (Å²) in [5, 5.41) is 13.6. The average molecular weight is 353 g/mol. The number of nitrogens with two attached hydrogens (primary N) is 1. The molecule has 0 bridgehead atoms. The molecular weight excluding hydrogens is 334 g/mol. The van der Waals surface area contributed by atoms with E-state index in [1.807, 2.05) is 49.4 Å². The number of thioether (sulfide) groups is 1. The first-order valence-corrected chi connectivity index (χ1v) is 9.17. The second-order valence-electron chi connectivity index (χ2n) is 6.26. The van der Waals surface area contributed by atoms with Gasteiger partial charge in [-0.05, 0) is 31.2 Å². The molecule has 128 valence electrons. The van der Waals surface area contributed by atoms with E-state index in [2.05, 4.69) is 15.5 Å². The summed E-state index contributed by atoms with van der Waals surface area (Å²) in [6.07, 6.45) is 2.22. The number of hydrogen-bond donors (Lipinski definition) is 2. The molecule has 1 fully saturated rings. The van der Waals surface area contributed by atoms with Crippen LogP contribution in [0.2, 0.25) is 0 Å². The predicted molar refractivity (Wildman–Crippen MR) is 100 cm³/mol. The van der Waals surface area contributed by atoms with E-state index in [0.29, 0.717) is 11.1 Å². The fourth-order valence-corrected chi connectivity index (χ4v) is 3.55.